The molecule has 0 saturated heterocycles. The van der Waals surface area contributed by atoms with Crippen molar-refractivity contribution < 1.29 is 0 Å². The van der Waals surface area contributed by atoms with Crippen LogP contribution >= 0.6 is 11.6 Å². The molecule has 0 fully saturated rings. The van der Waals surface area contributed by atoms with Gasteiger partial charge in [0, 0.05) is 17.5 Å². The topological polar surface area (TPSA) is 43.6 Å². The van der Waals surface area contributed by atoms with Gasteiger partial charge in [-0.05, 0) is 44.2 Å². The van der Waals surface area contributed by atoms with Crippen LogP contribution in [-0.2, 0) is 12.8 Å². The lowest BCUT2D eigenvalue weighted by atomic mass is 10.0. The van der Waals surface area contributed by atoms with E-state index in [-0.39, 0.29) is 5.28 Å². The highest BCUT2D eigenvalue weighted by atomic mass is 35.5. The van der Waals surface area contributed by atoms with E-state index in [2.05, 4.69) is 19.5 Å². The van der Waals surface area contributed by atoms with Crippen molar-refractivity contribution in [3.63, 3.8) is 0 Å². The molecule has 2 aromatic rings. The van der Waals surface area contributed by atoms with E-state index in [0.717, 1.165) is 24.2 Å². The summed E-state index contributed by atoms with van der Waals surface area (Å²) < 4.78 is 2.05. The summed E-state index contributed by atoms with van der Waals surface area (Å²) in [6.07, 6.45) is 8.18. The third-order valence-electron chi connectivity index (χ3n) is 3.17. The lowest BCUT2D eigenvalue weighted by Gasteiger charge is -2.14. The monoisotopic (exact) mass is 248 g/mol. The minimum atomic E-state index is 0.281. The predicted octanol–water partition coefficient (Wildman–Crippen LogP) is 2.50. The van der Waals surface area contributed by atoms with Crippen molar-refractivity contribution in [3.05, 3.63) is 34.8 Å². The molecular weight excluding hydrogens is 236 g/mol. The first-order valence-electron chi connectivity index (χ1n) is 5.80. The molecule has 2 aromatic heterocycles. The number of aromatic nitrogens is 4. The lowest BCUT2D eigenvalue weighted by molar-refractivity contribution is 0.653. The van der Waals surface area contributed by atoms with Gasteiger partial charge in [-0.15, -0.1) is 0 Å². The van der Waals surface area contributed by atoms with Crippen LogP contribution in [-0.4, -0.2) is 19.5 Å². The average Bonchev–Trinajstić information content (AvgIpc) is 2.76. The Balaban J connectivity index is 2.15. The fourth-order valence-electron chi connectivity index (χ4n) is 2.31. The van der Waals surface area contributed by atoms with Gasteiger partial charge in [0.25, 0.3) is 0 Å². The molecule has 0 N–H and O–H groups in total. The molecule has 0 atom stereocenters. The van der Waals surface area contributed by atoms with E-state index < -0.39 is 0 Å². The smallest absolute Gasteiger partial charge is 0.224 e. The number of rotatable bonds is 1. The minimum Gasteiger partial charge on any atom is -0.287 e. The van der Waals surface area contributed by atoms with Gasteiger partial charge in [0.1, 0.15) is 12.1 Å². The average molecular weight is 249 g/mol. The molecule has 0 amide bonds. The molecule has 0 aliphatic heterocycles. The van der Waals surface area contributed by atoms with Gasteiger partial charge in [0.2, 0.25) is 5.28 Å². The van der Waals surface area contributed by atoms with Crippen molar-refractivity contribution in [1.82, 2.24) is 19.5 Å². The van der Waals surface area contributed by atoms with Gasteiger partial charge in [-0.3, -0.25) is 4.57 Å². The molecular formula is C12H13ClN4. The van der Waals surface area contributed by atoms with Crippen LogP contribution in [0.5, 0.6) is 0 Å². The summed E-state index contributed by atoms with van der Waals surface area (Å²) >= 11 is 5.86. The van der Waals surface area contributed by atoms with Crippen LogP contribution in [0.3, 0.4) is 0 Å². The van der Waals surface area contributed by atoms with Crippen molar-refractivity contribution in [2.75, 3.05) is 0 Å². The summed E-state index contributed by atoms with van der Waals surface area (Å²) in [5, 5.41) is 0.281. The number of imidazole rings is 1. The number of halogens is 1. The maximum atomic E-state index is 5.86. The van der Waals surface area contributed by atoms with E-state index >= 15 is 0 Å². The van der Waals surface area contributed by atoms with Gasteiger partial charge in [0.15, 0.2) is 0 Å². The highest BCUT2D eigenvalue weighted by Gasteiger charge is 2.17. The first kappa shape index (κ1) is 10.7. The number of nitrogens with zero attached hydrogens (tertiary/aromatic N) is 4. The number of fused-ring (bicyclic) bond motifs is 1. The molecule has 17 heavy (non-hydrogen) atoms. The molecule has 2 heterocycles. The van der Waals surface area contributed by atoms with Crippen LogP contribution in [0.2, 0.25) is 5.28 Å². The van der Waals surface area contributed by atoms with Crippen LogP contribution in [0.25, 0.3) is 5.82 Å². The fourth-order valence-corrected chi connectivity index (χ4v) is 2.44. The first-order valence-corrected chi connectivity index (χ1v) is 6.18. The second-order valence-corrected chi connectivity index (χ2v) is 4.70. The number of hydrogen-bond donors (Lipinski definition) is 0. The highest BCUT2D eigenvalue weighted by molar-refractivity contribution is 6.28. The Morgan fingerprint density at radius 1 is 1.24 bits per heavy atom. The zero-order valence-electron chi connectivity index (χ0n) is 9.65. The van der Waals surface area contributed by atoms with E-state index in [1.165, 1.54) is 24.2 Å². The largest absolute Gasteiger partial charge is 0.287 e. The molecule has 0 saturated carbocycles. The molecule has 0 aromatic carbocycles. The molecule has 0 radical (unpaired) electrons. The fraction of sp³-hybridized carbons (Fsp3) is 0.417. The Kier molecular flexibility index (Phi) is 2.59. The summed E-state index contributed by atoms with van der Waals surface area (Å²) in [5.74, 6) is 0.848. The maximum Gasteiger partial charge on any atom is 0.224 e. The third-order valence-corrected chi connectivity index (χ3v) is 3.36. The quantitative estimate of drug-likeness (QED) is 0.729. The zero-order chi connectivity index (χ0) is 11.8. The van der Waals surface area contributed by atoms with Crippen molar-refractivity contribution in [2.24, 2.45) is 0 Å². The van der Waals surface area contributed by atoms with E-state index in [9.17, 15) is 0 Å². The summed E-state index contributed by atoms with van der Waals surface area (Å²) in [6.45, 7) is 1.99. The molecule has 4 nitrogen and oxygen atoms in total. The lowest BCUT2D eigenvalue weighted by Crippen LogP contribution is -2.09. The SMILES string of the molecule is Cc1cnc(Cl)nc1-n1cnc2c1CCCC2. The number of hydrogen-bond acceptors (Lipinski definition) is 3. The Bertz CT molecular complexity index is 562. The second kappa shape index (κ2) is 4.11. The molecule has 0 spiro atoms. The van der Waals surface area contributed by atoms with Crippen molar-refractivity contribution in [1.29, 1.82) is 0 Å². The van der Waals surface area contributed by atoms with Crippen LogP contribution in [0.1, 0.15) is 29.8 Å². The van der Waals surface area contributed by atoms with Crippen LogP contribution < -0.4 is 0 Å². The van der Waals surface area contributed by atoms with Crippen LogP contribution in [0.15, 0.2) is 12.5 Å². The second-order valence-electron chi connectivity index (χ2n) is 4.36. The van der Waals surface area contributed by atoms with E-state index in [0.29, 0.717) is 0 Å². The number of aryl methyl sites for hydroxylation is 2. The van der Waals surface area contributed by atoms with Gasteiger partial charge < -0.3 is 0 Å². The summed E-state index contributed by atoms with van der Waals surface area (Å²) in [6, 6.07) is 0. The molecule has 1 aliphatic rings. The Morgan fingerprint density at radius 2 is 2.06 bits per heavy atom. The summed E-state index contributed by atoms with van der Waals surface area (Å²) in [5.41, 5.74) is 3.49. The Morgan fingerprint density at radius 3 is 2.94 bits per heavy atom. The van der Waals surface area contributed by atoms with E-state index in [1.807, 2.05) is 13.3 Å². The molecule has 3 rings (SSSR count). The van der Waals surface area contributed by atoms with Gasteiger partial charge in [-0.1, -0.05) is 0 Å². The van der Waals surface area contributed by atoms with Gasteiger partial charge in [0.05, 0.1) is 5.69 Å². The van der Waals surface area contributed by atoms with Crippen LogP contribution in [0, 0.1) is 6.92 Å². The predicted molar refractivity (Wildman–Crippen MR) is 65.5 cm³/mol. The molecule has 0 unspecified atom stereocenters. The third kappa shape index (κ3) is 1.82. The highest BCUT2D eigenvalue weighted by Crippen LogP contribution is 2.23. The normalized spacial score (nSPS) is 14.7. The molecule has 0 bridgehead atoms. The first-order chi connectivity index (χ1) is 8.25. The zero-order valence-corrected chi connectivity index (χ0v) is 10.4. The Hall–Kier alpha value is -1.42. The standard InChI is InChI=1S/C12H13ClN4/c1-8-6-14-12(13)16-11(8)17-7-15-9-4-2-3-5-10(9)17/h6-7H,2-5H2,1H3. The maximum absolute atomic E-state index is 5.86. The van der Waals surface area contributed by atoms with Gasteiger partial charge >= 0.3 is 0 Å². The van der Waals surface area contributed by atoms with E-state index in [4.69, 9.17) is 11.6 Å². The molecule has 1 aliphatic carbocycles. The summed E-state index contributed by atoms with van der Waals surface area (Å²) in [4.78, 5) is 12.7. The van der Waals surface area contributed by atoms with Crippen molar-refractivity contribution in [2.45, 2.75) is 32.6 Å². The van der Waals surface area contributed by atoms with Gasteiger partial charge in [-0.2, -0.15) is 4.98 Å². The van der Waals surface area contributed by atoms with E-state index in [1.54, 1.807) is 6.20 Å². The minimum absolute atomic E-state index is 0.281. The Labute approximate surface area is 105 Å². The molecule has 88 valence electrons. The molecule has 5 heteroatoms. The van der Waals surface area contributed by atoms with Crippen molar-refractivity contribution >= 4 is 11.6 Å². The van der Waals surface area contributed by atoms with Gasteiger partial charge in [-0.25, -0.2) is 9.97 Å². The van der Waals surface area contributed by atoms with Crippen LogP contribution in [0.4, 0.5) is 0 Å². The summed E-state index contributed by atoms with van der Waals surface area (Å²) in [7, 11) is 0. The van der Waals surface area contributed by atoms with Crippen molar-refractivity contribution in [3.8, 4) is 5.82 Å².